The van der Waals surface area contributed by atoms with Crippen LogP contribution in [0.5, 0.6) is 0 Å². The number of rotatable bonds is 6. The molecular weight excluding hydrogens is 344 g/mol. The number of carbonyl (C=O) groups is 2. The molecule has 2 aromatic rings. The van der Waals surface area contributed by atoms with Crippen LogP contribution in [0.2, 0.25) is 0 Å². The van der Waals surface area contributed by atoms with Crippen molar-refractivity contribution < 1.29 is 24.9 Å². The Hall–Kier alpha value is -3.18. The summed E-state index contributed by atoms with van der Waals surface area (Å²) in [6, 6.07) is 18.3. The monoisotopic (exact) mass is 364 g/mol. The van der Waals surface area contributed by atoms with E-state index in [1.165, 1.54) is 12.2 Å². The van der Waals surface area contributed by atoms with Crippen LogP contribution >= 0.6 is 0 Å². The van der Waals surface area contributed by atoms with Crippen molar-refractivity contribution in [3.63, 3.8) is 0 Å². The number of aliphatic hydroxyl groups is 1. The predicted octanol–water partition coefficient (Wildman–Crippen LogP) is 2.85. The SMILES string of the molecule is O=C(O)C1=C(Cc2ccccc2)C(O)(Cc2ccccc2)C=CC1C(=O)O. The van der Waals surface area contributed by atoms with Gasteiger partial charge < -0.3 is 15.3 Å². The Morgan fingerprint density at radius 1 is 0.889 bits per heavy atom. The molecule has 3 N–H and O–H groups in total. The van der Waals surface area contributed by atoms with Crippen molar-refractivity contribution in [2.24, 2.45) is 5.92 Å². The molecule has 5 nitrogen and oxygen atoms in total. The zero-order valence-electron chi connectivity index (χ0n) is 14.6. The highest BCUT2D eigenvalue weighted by Gasteiger charge is 2.41. The average molecular weight is 364 g/mol. The first-order valence-corrected chi connectivity index (χ1v) is 8.60. The molecule has 2 atom stereocenters. The number of hydrogen-bond acceptors (Lipinski definition) is 3. The molecule has 0 amide bonds. The van der Waals surface area contributed by atoms with Gasteiger partial charge >= 0.3 is 11.9 Å². The van der Waals surface area contributed by atoms with E-state index in [9.17, 15) is 24.9 Å². The zero-order valence-corrected chi connectivity index (χ0v) is 14.6. The third-order valence-corrected chi connectivity index (χ3v) is 4.76. The van der Waals surface area contributed by atoms with E-state index in [1.807, 2.05) is 60.7 Å². The van der Waals surface area contributed by atoms with Crippen molar-refractivity contribution in [1.29, 1.82) is 0 Å². The van der Waals surface area contributed by atoms with Gasteiger partial charge in [0.25, 0.3) is 0 Å². The van der Waals surface area contributed by atoms with Gasteiger partial charge in [-0.05, 0) is 23.1 Å². The van der Waals surface area contributed by atoms with E-state index in [2.05, 4.69) is 0 Å². The number of carboxylic acid groups (broad SMARTS) is 2. The van der Waals surface area contributed by atoms with Gasteiger partial charge in [-0.1, -0.05) is 72.8 Å². The second-order valence-electron chi connectivity index (χ2n) is 6.62. The number of carboxylic acids is 2. The van der Waals surface area contributed by atoms with E-state index in [-0.39, 0.29) is 24.0 Å². The van der Waals surface area contributed by atoms with E-state index in [0.29, 0.717) is 0 Å². The molecule has 27 heavy (non-hydrogen) atoms. The predicted molar refractivity (Wildman–Crippen MR) is 100 cm³/mol. The maximum absolute atomic E-state index is 11.9. The highest BCUT2D eigenvalue weighted by molar-refractivity contribution is 5.97. The summed E-state index contributed by atoms with van der Waals surface area (Å²) >= 11 is 0. The molecule has 0 aliphatic heterocycles. The van der Waals surface area contributed by atoms with E-state index < -0.39 is 23.5 Å². The summed E-state index contributed by atoms with van der Waals surface area (Å²) in [7, 11) is 0. The molecule has 0 heterocycles. The van der Waals surface area contributed by atoms with Crippen molar-refractivity contribution in [2.75, 3.05) is 0 Å². The van der Waals surface area contributed by atoms with Gasteiger partial charge in [-0.25, -0.2) is 4.79 Å². The smallest absolute Gasteiger partial charge is 0.332 e. The minimum atomic E-state index is -1.57. The Balaban J connectivity index is 2.11. The molecule has 0 spiro atoms. The second kappa shape index (κ2) is 7.60. The van der Waals surface area contributed by atoms with Crippen LogP contribution in [0.3, 0.4) is 0 Å². The molecule has 0 saturated carbocycles. The Morgan fingerprint density at radius 2 is 1.44 bits per heavy atom. The molecule has 0 saturated heterocycles. The van der Waals surface area contributed by atoms with Crippen LogP contribution in [0.4, 0.5) is 0 Å². The van der Waals surface area contributed by atoms with Crippen LogP contribution in [-0.4, -0.2) is 32.9 Å². The van der Waals surface area contributed by atoms with Gasteiger partial charge in [-0.3, -0.25) is 4.79 Å². The van der Waals surface area contributed by atoms with Crippen molar-refractivity contribution in [3.05, 3.63) is 95.1 Å². The number of benzene rings is 2. The normalized spacial score (nSPS) is 21.9. The molecule has 3 rings (SSSR count). The van der Waals surface area contributed by atoms with Gasteiger partial charge in [0.15, 0.2) is 0 Å². The first kappa shape index (κ1) is 18.6. The largest absolute Gasteiger partial charge is 0.481 e. The lowest BCUT2D eigenvalue weighted by Gasteiger charge is -2.34. The van der Waals surface area contributed by atoms with E-state index in [1.54, 1.807) is 0 Å². The molecule has 0 aromatic heterocycles. The van der Waals surface area contributed by atoms with Crippen LogP contribution in [0.1, 0.15) is 11.1 Å². The van der Waals surface area contributed by atoms with Gasteiger partial charge in [0.05, 0.1) is 5.57 Å². The summed E-state index contributed by atoms with van der Waals surface area (Å²) in [5.74, 6) is -3.88. The lowest BCUT2D eigenvalue weighted by atomic mass is 9.73. The number of hydrogen-bond donors (Lipinski definition) is 3. The third-order valence-electron chi connectivity index (χ3n) is 4.76. The molecule has 5 heteroatoms. The fourth-order valence-electron chi connectivity index (χ4n) is 3.46. The minimum absolute atomic E-state index is 0.153. The van der Waals surface area contributed by atoms with Crippen molar-refractivity contribution in [1.82, 2.24) is 0 Å². The van der Waals surface area contributed by atoms with E-state index in [4.69, 9.17) is 0 Å². The van der Waals surface area contributed by atoms with Crippen LogP contribution in [0, 0.1) is 5.92 Å². The topological polar surface area (TPSA) is 94.8 Å². The molecule has 0 radical (unpaired) electrons. The van der Waals surface area contributed by atoms with Crippen molar-refractivity contribution >= 4 is 11.9 Å². The van der Waals surface area contributed by atoms with Crippen molar-refractivity contribution in [2.45, 2.75) is 18.4 Å². The van der Waals surface area contributed by atoms with Gasteiger partial charge in [0, 0.05) is 6.42 Å². The molecule has 138 valence electrons. The van der Waals surface area contributed by atoms with Crippen LogP contribution in [-0.2, 0) is 22.4 Å². The number of aliphatic carboxylic acids is 2. The Kier molecular flexibility index (Phi) is 5.23. The first-order valence-electron chi connectivity index (χ1n) is 8.60. The summed E-state index contributed by atoms with van der Waals surface area (Å²) in [5, 5.41) is 30.6. The van der Waals surface area contributed by atoms with Gasteiger partial charge in [0.2, 0.25) is 0 Å². The van der Waals surface area contributed by atoms with Crippen LogP contribution in [0.15, 0.2) is 84.0 Å². The minimum Gasteiger partial charge on any atom is -0.481 e. The summed E-state index contributed by atoms with van der Waals surface area (Å²) in [6.07, 6.45) is 3.00. The maximum atomic E-state index is 11.9. The third kappa shape index (κ3) is 3.99. The molecular formula is C22H20O5. The van der Waals surface area contributed by atoms with Gasteiger partial charge in [-0.2, -0.15) is 0 Å². The molecule has 1 aliphatic rings. The summed E-state index contributed by atoms with van der Waals surface area (Å²) < 4.78 is 0. The lowest BCUT2D eigenvalue weighted by molar-refractivity contribution is -0.142. The highest BCUT2D eigenvalue weighted by Crippen LogP contribution is 2.37. The standard InChI is InChI=1S/C22H20O5/c23-20(24)17-11-12-22(27,14-16-9-5-2-6-10-16)18(19(17)21(25)26)13-15-7-3-1-4-8-15/h1-12,17,27H,13-14H2,(H,23,24)(H,25,26). The quantitative estimate of drug-likeness (QED) is 0.685. The van der Waals surface area contributed by atoms with Crippen molar-refractivity contribution in [3.8, 4) is 0 Å². The summed E-state index contributed by atoms with van der Waals surface area (Å²) in [6.45, 7) is 0. The lowest BCUT2D eigenvalue weighted by Crippen LogP contribution is -2.40. The summed E-state index contributed by atoms with van der Waals surface area (Å²) in [5.41, 5.74) is -0.00483. The zero-order chi connectivity index (χ0) is 19.4. The fourth-order valence-corrected chi connectivity index (χ4v) is 3.46. The molecule has 0 bridgehead atoms. The Bertz CT molecular complexity index is 899. The molecule has 2 unspecified atom stereocenters. The second-order valence-corrected chi connectivity index (χ2v) is 6.62. The van der Waals surface area contributed by atoms with Gasteiger partial charge in [-0.15, -0.1) is 0 Å². The maximum Gasteiger partial charge on any atom is 0.332 e. The summed E-state index contributed by atoms with van der Waals surface area (Å²) in [4.78, 5) is 23.6. The first-order chi connectivity index (χ1) is 12.9. The fraction of sp³-hybridized carbons (Fsp3) is 0.182. The van der Waals surface area contributed by atoms with E-state index >= 15 is 0 Å². The van der Waals surface area contributed by atoms with Gasteiger partial charge in [0.1, 0.15) is 11.5 Å². The highest BCUT2D eigenvalue weighted by atomic mass is 16.4. The Labute approximate surface area is 156 Å². The molecule has 1 aliphatic carbocycles. The van der Waals surface area contributed by atoms with E-state index in [0.717, 1.165) is 11.1 Å². The Morgan fingerprint density at radius 3 is 1.96 bits per heavy atom. The molecule has 0 fully saturated rings. The molecule has 2 aromatic carbocycles. The van der Waals surface area contributed by atoms with Crippen LogP contribution < -0.4 is 0 Å². The van der Waals surface area contributed by atoms with Crippen LogP contribution in [0.25, 0.3) is 0 Å². The average Bonchev–Trinajstić information content (AvgIpc) is 2.64.